The second kappa shape index (κ2) is 5.50. The molecule has 3 heteroatoms. The van der Waals surface area contributed by atoms with Gasteiger partial charge in [0.1, 0.15) is 0 Å². The average Bonchev–Trinajstić information content (AvgIpc) is 2.27. The minimum atomic E-state index is -0.613. The van der Waals surface area contributed by atoms with E-state index >= 15 is 0 Å². The quantitative estimate of drug-likeness (QED) is 0.737. The molecule has 1 aliphatic rings. The highest BCUT2D eigenvalue weighted by Crippen LogP contribution is 2.36. The van der Waals surface area contributed by atoms with E-state index in [-0.39, 0.29) is 0 Å². The zero-order valence-electron chi connectivity index (χ0n) is 9.88. The molecule has 0 aromatic carbocycles. The monoisotopic (exact) mass is 213 g/mol. The third-order valence-corrected chi connectivity index (χ3v) is 3.67. The van der Waals surface area contributed by atoms with Crippen LogP contribution in [0.2, 0.25) is 0 Å². The first-order valence-electron chi connectivity index (χ1n) is 6.07. The van der Waals surface area contributed by atoms with Crippen molar-refractivity contribution in [3.63, 3.8) is 0 Å². The summed E-state index contributed by atoms with van der Waals surface area (Å²) < 4.78 is 0. The Morgan fingerprint density at radius 2 is 2.00 bits per heavy atom. The molecule has 1 unspecified atom stereocenters. The van der Waals surface area contributed by atoms with Gasteiger partial charge >= 0.3 is 5.97 Å². The zero-order valence-corrected chi connectivity index (χ0v) is 9.88. The molecule has 1 atom stereocenters. The highest BCUT2D eigenvalue weighted by Gasteiger charge is 2.39. The van der Waals surface area contributed by atoms with Crippen molar-refractivity contribution < 1.29 is 9.90 Å². The fraction of sp³-hybridized carbons (Fsp3) is 0.917. The fourth-order valence-corrected chi connectivity index (χ4v) is 2.21. The van der Waals surface area contributed by atoms with Crippen molar-refractivity contribution in [1.29, 1.82) is 0 Å². The molecule has 0 heterocycles. The van der Waals surface area contributed by atoms with Gasteiger partial charge in [0.05, 0.1) is 5.41 Å². The Morgan fingerprint density at radius 3 is 2.47 bits per heavy atom. The van der Waals surface area contributed by atoms with Gasteiger partial charge in [-0.15, -0.1) is 0 Å². The average molecular weight is 213 g/mol. The van der Waals surface area contributed by atoms with Crippen LogP contribution in [0.15, 0.2) is 0 Å². The van der Waals surface area contributed by atoms with E-state index < -0.39 is 11.4 Å². The van der Waals surface area contributed by atoms with Crippen molar-refractivity contribution in [1.82, 2.24) is 5.32 Å². The van der Waals surface area contributed by atoms with Crippen LogP contribution in [0.3, 0.4) is 0 Å². The molecule has 0 bridgehead atoms. The molecule has 1 saturated carbocycles. The molecule has 0 amide bonds. The number of hydrogen-bond donors (Lipinski definition) is 2. The molecular formula is C12H23NO2. The molecule has 88 valence electrons. The zero-order chi connectivity index (χ0) is 11.3. The molecule has 0 saturated heterocycles. The molecule has 15 heavy (non-hydrogen) atoms. The van der Waals surface area contributed by atoms with Crippen LogP contribution in [-0.2, 0) is 4.79 Å². The van der Waals surface area contributed by atoms with Gasteiger partial charge in [0.15, 0.2) is 0 Å². The van der Waals surface area contributed by atoms with Crippen molar-refractivity contribution in [2.24, 2.45) is 5.41 Å². The number of carboxylic acids is 1. The normalized spacial score (nSPS) is 22.3. The lowest BCUT2D eigenvalue weighted by molar-refractivity contribution is -0.150. The smallest absolute Gasteiger partial charge is 0.310 e. The molecule has 0 radical (unpaired) electrons. The molecule has 0 aliphatic heterocycles. The summed E-state index contributed by atoms with van der Waals surface area (Å²) in [5, 5.41) is 12.7. The number of carbonyl (C=O) groups is 1. The van der Waals surface area contributed by atoms with Crippen LogP contribution in [0, 0.1) is 5.41 Å². The Morgan fingerprint density at radius 1 is 1.40 bits per heavy atom. The second-order valence-electron chi connectivity index (χ2n) is 4.84. The molecule has 1 rings (SSSR count). The van der Waals surface area contributed by atoms with Crippen LogP contribution >= 0.6 is 0 Å². The van der Waals surface area contributed by atoms with Gasteiger partial charge in [-0.25, -0.2) is 0 Å². The van der Waals surface area contributed by atoms with Crippen LogP contribution in [0.25, 0.3) is 0 Å². The third kappa shape index (κ3) is 3.20. The summed E-state index contributed by atoms with van der Waals surface area (Å²) in [6.45, 7) is 4.86. The van der Waals surface area contributed by atoms with Crippen molar-refractivity contribution in [3.05, 3.63) is 0 Å². The molecular weight excluding hydrogens is 190 g/mol. The lowest BCUT2D eigenvalue weighted by Gasteiger charge is -2.34. The molecule has 0 aromatic heterocycles. The highest BCUT2D eigenvalue weighted by atomic mass is 16.4. The van der Waals surface area contributed by atoms with Crippen molar-refractivity contribution in [2.45, 2.75) is 58.4 Å². The Labute approximate surface area is 92.3 Å². The lowest BCUT2D eigenvalue weighted by Crippen LogP contribution is -2.44. The summed E-state index contributed by atoms with van der Waals surface area (Å²) in [7, 11) is 0. The van der Waals surface area contributed by atoms with Gasteiger partial charge in [-0.05, 0) is 26.2 Å². The Bertz CT molecular complexity index is 210. The molecule has 2 N–H and O–H groups in total. The first-order chi connectivity index (χ1) is 7.10. The van der Waals surface area contributed by atoms with E-state index in [4.69, 9.17) is 0 Å². The number of rotatable bonds is 5. The minimum Gasteiger partial charge on any atom is -0.481 e. The maximum absolute atomic E-state index is 11.3. The van der Waals surface area contributed by atoms with Crippen LogP contribution in [0.5, 0.6) is 0 Å². The van der Waals surface area contributed by atoms with E-state index in [0.717, 1.165) is 32.1 Å². The highest BCUT2D eigenvalue weighted by molar-refractivity contribution is 5.75. The summed E-state index contributed by atoms with van der Waals surface area (Å²) in [4.78, 5) is 11.3. The van der Waals surface area contributed by atoms with Crippen molar-refractivity contribution in [2.75, 3.05) is 6.54 Å². The summed E-state index contributed by atoms with van der Waals surface area (Å²) in [6, 6.07) is 0.420. The minimum absolute atomic E-state index is 0.420. The second-order valence-corrected chi connectivity index (χ2v) is 4.84. The Hall–Kier alpha value is -0.570. The lowest BCUT2D eigenvalue weighted by atomic mass is 9.74. The van der Waals surface area contributed by atoms with Crippen LogP contribution < -0.4 is 5.32 Å². The first-order valence-corrected chi connectivity index (χ1v) is 6.07. The summed E-state index contributed by atoms with van der Waals surface area (Å²) in [6.07, 6.45) is 6.05. The fourth-order valence-electron chi connectivity index (χ4n) is 2.21. The maximum atomic E-state index is 11.3. The molecule has 0 spiro atoms. The molecule has 1 aliphatic carbocycles. The number of hydrogen-bond acceptors (Lipinski definition) is 2. The van der Waals surface area contributed by atoms with E-state index in [1.807, 2.05) is 0 Å². The van der Waals surface area contributed by atoms with Gasteiger partial charge in [-0.1, -0.05) is 26.2 Å². The van der Waals surface area contributed by atoms with Gasteiger partial charge in [-0.2, -0.15) is 0 Å². The van der Waals surface area contributed by atoms with E-state index in [0.29, 0.717) is 12.6 Å². The Balaban J connectivity index is 2.53. The van der Waals surface area contributed by atoms with Gasteiger partial charge in [-0.3, -0.25) is 4.79 Å². The molecule has 0 aromatic rings. The number of aliphatic carboxylic acids is 1. The summed E-state index contributed by atoms with van der Waals surface area (Å²) >= 11 is 0. The first kappa shape index (κ1) is 12.5. The number of nitrogens with one attached hydrogen (secondary N) is 1. The molecule has 1 fully saturated rings. The van der Waals surface area contributed by atoms with Gasteiger partial charge in [0.2, 0.25) is 0 Å². The summed E-state index contributed by atoms with van der Waals surface area (Å²) in [5.41, 5.74) is -0.484. The standard InChI is InChI=1S/C12H23NO2/c1-3-10(2)13-9-12(11(14)15)7-5-4-6-8-12/h10,13H,3-9H2,1-2H3,(H,14,15). The number of carboxylic acid groups (broad SMARTS) is 1. The van der Waals surface area contributed by atoms with Crippen LogP contribution in [0.1, 0.15) is 52.4 Å². The predicted molar refractivity (Wildman–Crippen MR) is 60.9 cm³/mol. The SMILES string of the molecule is CCC(C)NCC1(C(=O)O)CCCCC1. The van der Waals surface area contributed by atoms with E-state index in [2.05, 4.69) is 19.2 Å². The van der Waals surface area contributed by atoms with E-state index in [1.54, 1.807) is 0 Å². The maximum Gasteiger partial charge on any atom is 0.310 e. The van der Waals surface area contributed by atoms with Gasteiger partial charge in [0, 0.05) is 12.6 Å². The van der Waals surface area contributed by atoms with Crippen molar-refractivity contribution >= 4 is 5.97 Å². The van der Waals surface area contributed by atoms with Gasteiger partial charge in [0.25, 0.3) is 0 Å². The largest absolute Gasteiger partial charge is 0.481 e. The Kier molecular flexibility index (Phi) is 4.58. The van der Waals surface area contributed by atoms with Gasteiger partial charge < -0.3 is 10.4 Å². The molecule has 3 nitrogen and oxygen atoms in total. The van der Waals surface area contributed by atoms with E-state index in [1.165, 1.54) is 6.42 Å². The summed E-state index contributed by atoms with van der Waals surface area (Å²) in [5.74, 6) is -0.613. The topological polar surface area (TPSA) is 49.3 Å². The van der Waals surface area contributed by atoms with Crippen LogP contribution in [-0.4, -0.2) is 23.7 Å². The van der Waals surface area contributed by atoms with E-state index in [9.17, 15) is 9.90 Å². The predicted octanol–water partition coefficient (Wildman–Crippen LogP) is 2.41. The van der Waals surface area contributed by atoms with Crippen LogP contribution in [0.4, 0.5) is 0 Å². The third-order valence-electron chi connectivity index (χ3n) is 3.67. The van der Waals surface area contributed by atoms with Crippen molar-refractivity contribution in [3.8, 4) is 0 Å².